The van der Waals surface area contributed by atoms with Gasteiger partial charge in [-0.25, -0.2) is 0 Å². The number of fused-ring (bicyclic) bond motifs is 22. The minimum absolute atomic E-state index is 0.157. The molecular weight excluding hydrogens is 1150 g/mol. The quantitative estimate of drug-likeness (QED) is 0.155. The molecule has 0 saturated heterocycles. The Kier molecular flexibility index (Phi) is 11.5. The molecule has 7 heteroatoms. The molecule has 2 aliphatic rings. The molecule has 0 radical (unpaired) electrons. The summed E-state index contributed by atoms with van der Waals surface area (Å²) in [6.45, 7) is 13.4. The third kappa shape index (κ3) is 7.87. The van der Waals surface area contributed by atoms with Crippen molar-refractivity contribution >= 4 is 155 Å². The fourth-order valence-corrected chi connectivity index (χ4v) is 16.9. The maximum atomic E-state index is 7.77. The highest BCUT2D eigenvalue weighted by Gasteiger charge is 2.51. The van der Waals surface area contributed by atoms with Crippen molar-refractivity contribution in [2.75, 3.05) is 9.80 Å². The van der Waals surface area contributed by atoms with Gasteiger partial charge in [0.25, 0.3) is 6.71 Å². The zero-order valence-corrected chi connectivity index (χ0v) is 53.2. The third-order valence-electron chi connectivity index (χ3n) is 19.9. The van der Waals surface area contributed by atoms with Crippen molar-refractivity contribution in [2.24, 2.45) is 0 Å². The second kappa shape index (κ2) is 19.8. The van der Waals surface area contributed by atoms with Crippen LogP contribution in [0.4, 0.5) is 34.1 Å². The molecule has 0 aliphatic carbocycles. The van der Waals surface area contributed by atoms with Crippen LogP contribution in [0.2, 0.25) is 0 Å². The first-order chi connectivity index (χ1) is 45.4. The van der Waals surface area contributed by atoms with Crippen molar-refractivity contribution in [3.8, 4) is 44.5 Å². The summed E-state index contributed by atoms with van der Waals surface area (Å²) >= 11 is 1.88. The molecular formula is C86H61BN2O3S. The Morgan fingerprint density at radius 2 is 0.699 bits per heavy atom. The van der Waals surface area contributed by atoms with E-state index in [0.29, 0.717) is 0 Å². The van der Waals surface area contributed by atoms with Crippen molar-refractivity contribution in [1.29, 1.82) is 0 Å². The first-order valence-electron chi connectivity index (χ1n) is 32.3. The zero-order valence-electron chi connectivity index (χ0n) is 52.4. The van der Waals surface area contributed by atoms with Crippen LogP contribution in [0.5, 0.6) is 0 Å². The van der Waals surface area contributed by atoms with Gasteiger partial charge in [0.05, 0.1) is 27.4 Å². The normalized spacial score (nSPS) is 13.2. The van der Waals surface area contributed by atoms with Crippen LogP contribution in [0.3, 0.4) is 0 Å². The molecule has 4 aromatic heterocycles. The number of hydrogen-bond donors (Lipinski definition) is 0. The smallest absolute Gasteiger partial charge is 0.262 e. The minimum Gasteiger partial charge on any atom is -0.456 e. The Hall–Kier alpha value is -10.9. The summed E-state index contributed by atoms with van der Waals surface area (Å²) in [6.07, 6.45) is 0. The summed E-state index contributed by atoms with van der Waals surface area (Å²) in [5, 5.41) is 8.71. The van der Waals surface area contributed by atoms with E-state index in [1.54, 1.807) is 0 Å². The lowest BCUT2D eigenvalue weighted by molar-refractivity contribution is 0.590. The number of nitrogens with zero attached hydrogens (tertiary/aromatic N) is 2. The third-order valence-corrected chi connectivity index (χ3v) is 21.1. The SMILES string of the molecule is CC(C)(C)c1ccc(N2c3cc(-c4ccccc4-c4ccccc4)cc4c3B(c3c2c2oc5ccccc5c2c2c3oc3ccccc32)c2c(c3sc5ccccc5c3c3c2oc2ccccc23)N4c2ccc(C(C)(C)C)cc2-c2ccccc2)c(-c2ccccc2)c1. The van der Waals surface area contributed by atoms with Crippen LogP contribution in [-0.4, -0.2) is 6.71 Å². The fourth-order valence-electron chi connectivity index (χ4n) is 15.6. The van der Waals surface area contributed by atoms with Gasteiger partial charge < -0.3 is 23.1 Å². The van der Waals surface area contributed by atoms with Crippen LogP contribution < -0.4 is 26.2 Å². The van der Waals surface area contributed by atoms with Gasteiger partial charge in [-0.3, -0.25) is 0 Å². The van der Waals surface area contributed by atoms with Crippen molar-refractivity contribution in [1.82, 2.24) is 0 Å². The predicted octanol–water partition coefficient (Wildman–Crippen LogP) is 23.1. The molecule has 0 spiro atoms. The summed E-state index contributed by atoms with van der Waals surface area (Å²) in [4.78, 5) is 5.25. The molecule has 0 unspecified atom stereocenters. The van der Waals surface area contributed by atoms with E-state index < -0.39 is 6.71 Å². The van der Waals surface area contributed by atoms with Gasteiger partial charge >= 0.3 is 0 Å². The van der Waals surface area contributed by atoms with Gasteiger partial charge in [-0.15, -0.1) is 11.3 Å². The van der Waals surface area contributed by atoms with E-state index in [-0.39, 0.29) is 10.8 Å². The topological polar surface area (TPSA) is 45.9 Å². The largest absolute Gasteiger partial charge is 0.456 e. The lowest BCUT2D eigenvalue weighted by Gasteiger charge is -2.45. The lowest BCUT2D eigenvalue weighted by Crippen LogP contribution is -2.61. The molecule has 5 nitrogen and oxygen atoms in total. The van der Waals surface area contributed by atoms with Gasteiger partial charge in [0, 0.05) is 75.8 Å². The maximum absolute atomic E-state index is 7.77. The van der Waals surface area contributed by atoms with Crippen LogP contribution in [-0.2, 0) is 10.8 Å². The van der Waals surface area contributed by atoms with Crippen LogP contribution >= 0.6 is 11.3 Å². The molecule has 13 aromatic carbocycles. The number of furan rings is 3. The number of para-hydroxylation sites is 3. The molecule has 0 fully saturated rings. The highest BCUT2D eigenvalue weighted by Crippen LogP contribution is 2.58. The van der Waals surface area contributed by atoms with Crippen LogP contribution in [0.1, 0.15) is 52.7 Å². The van der Waals surface area contributed by atoms with E-state index in [0.717, 1.165) is 161 Å². The van der Waals surface area contributed by atoms with Crippen molar-refractivity contribution in [2.45, 2.75) is 52.4 Å². The second-order valence-electron chi connectivity index (χ2n) is 27.4. The first-order valence-corrected chi connectivity index (χ1v) is 33.2. The average Bonchev–Trinajstić information content (AvgIpc) is 1.63. The van der Waals surface area contributed by atoms with Gasteiger partial charge in [-0.1, -0.05) is 242 Å². The minimum atomic E-state index is -0.507. The van der Waals surface area contributed by atoms with Gasteiger partial charge in [0.15, 0.2) is 5.58 Å². The van der Waals surface area contributed by atoms with E-state index in [1.807, 2.05) is 11.3 Å². The summed E-state index contributed by atoms with van der Waals surface area (Å²) < 4.78 is 25.6. The van der Waals surface area contributed by atoms with Crippen LogP contribution in [0, 0.1) is 0 Å². The van der Waals surface area contributed by atoms with Gasteiger partial charge in [-0.2, -0.15) is 0 Å². The Labute approximate surface area is 543 Å². The Morgan fingerprint density at radius 3 is 1.20 bits per heavy atom. The van der Waals surface area contributed by atoms with Gasteiger partial charge in [0.1, 0.15) is 27.9 Å². The summed E-state index contributed by atoms with van der Waals surface area (Å²) in [5.74, 6) is 0. The fraction of sp³-hybridized carbons (Fsp3) is 0.0930. The highest BCUT2D eigenvalue weighted by molar-refractivity contribution is 7.27. The van der Waals surface area contributed by atoms with Crippen LogP contribution in [0.15, 0.2) is 274 Å². The average molecular weight is 1210 g/mol. The zero-order chi connectivity index (χ0) is 62.2. The molecule has 0 atom stereocenters. The molecule has 0 N–H and O–H groups in total. The summed E-state index contributed by atoms with van der Waals surface area (Å²) in [6, 6.07) is 96.1. The Morgan fingerprint density at radius 1 is 0.312 bits per heavy atom. The Bertz CT molecular complexity index is 5660. The monoisotopic (exact) mass is 1210 g/mol. The van der Waals surface area contributed by atoms with Crippen molar-refractivity contribution < 1.29 is 13.3 Å². The van der Waals surface area contributed by atoms with E-state index >= 15 is 0 Å². The molecule has 0 amide bonds. The molecule has 93 heavy (non-hydrogen) atoms. The molecule has 2 aliphatic heterocycles. The number of benzene rings is 13. The highest BCUT2D eigenvalue weighted by atomic mass is 32.1. The van der Waals surface area contributed by atoms with Crippen molar-refractivity contribution in [3.63, 3.8) is 0 Å². The number of thiophene rings is 1. The molecule has 0 bridgehead atoms. The van der Waals surface area contributed by atoms with E-state index in [2.05, 4.69) is 312 Å². The first kappa shape index (κ1) is 53.9. The van der Waals surface area contributed by atoms with E-state index in [9.17, 15) is 0 Å². The maximum Gasteiger partial charge on any atom is 0.262 e. The number of anilines is 6. The van der Waals surface area contributed by atoms with E-state index in [1.165, 1.54) is 31.3 Å². The molecule has 442 valence electrons. The van der Waals surface area contributed by atoms with Gasteiger partial charge in [-0.05, 0) is 127 Å². The molecule has 0 saturated carbocycles. The summed E-state index contributed by atoms with van der Waals surface area (Å²) in [5.41, 5.74) is 25.5. The number of hydrogen-bond acceptors (Lipinski definition) is 6. The molecule has 6 heterocycles. The molecule has 17 aromatic rings. The van der Waals surface area contributed by atoms with Crippen molar-refractivity contribution in [3.05, 3.63) is 272 Å². The summed E-state index contributed by atoms with van der Waals surface area (Å²) in [7, 11) is 0. The Balaban J connectivity index is 1.09. The predicted molar refractivity (Wildman–Crippen MR) is 394 cm³/mol. The lowest BCUT2D eigenvalue weighted by atomic mass is 9.33. The standard InChI is InChI=1S/C86H61BN2O3S/c1-85(2,3)54-42-44-64(62(48-54)51-28-12-8-13-29-51)88-66-46-53(57-33-17-16-32-56(57)50-26-10-7-11-27-50)47-67-76(66)87(77-79(88)83-73(59-35-19-24-40-70(59)92-83)72-58-34-18-22-38-68(58)90-81(72)77)78-80(89(67)65-45-43-55(86(4,5)6)49-63(65)52-30-14-9-15-31-52)84-75(61-37-21-25-41-71(61)93-84)74-60-36-20-23-39-69(60)91-82(74)78/h7-49H,1-6H3. The van der Waals surface area contributed by atoms with E-state index in [4.69, 9.17) is 13.3 Å². The van der Waals surface area contributed by atoms with Crippen LogP contribution in [0.25, 0.3) is 130 Å². The second-order valence-corrected chi connectivity index (χ2v) is 28.4. The molecule has 19 rings (SSSR count). The van der Waals surface area contributed by atoms with Gasteiger partial charge in [0.2, 0.25) is 0 Å². The number of rotatable bonds is 6.